The molecule has 1 aromatic rings. The van der Waals surface area contributed by atoms with Crippen molar-refractivity contribution in [3.63, 3.8) is 0 Å². The lowest BCUT2D eigenvalue weighted by Crippen LogP contribution is -2.43. The summed E-state index contributed by atoms with van der Waals surface area (Å²) in [6.45, 7) is 9.79. The summed E-state index contributed by atoms with van der Waals surface area (Å²) in [5.74, 6) is 0.711. The van der Waals surface area contributed by atoms with E-state index in [0.29, 0.717) is 25.0 Å². The number of rotatable bonds is 4. The number of nitrogens with one attached hydrogen (secondary N) is 1. The van der Waals surface area contributed by atoms with Gasteiger partial charge in [-0.25, -0.2) is 4.79 Å². The zero-order chi connectivity index (χ0) is 19.2. The van der Waals surface area contributed by atoms with Gasteiger partial charge in [0.15, 0.2) is 5.96 Å². The van der Waals surface area contributed by atoms with E-state index in [0.717, 1.165) is 31.5 Å². The van der Waals surface area contributed by atoms with E-state index in [1.807, 2.05) is 32.9 Å². The standard InChI is InChI=1S/C20H32N4O2.HI/c1-5-15-8-10-17(11-9-15)23-18(21)22-13-16-7-6-12-24(14-16)19(25)26-20(2,3)4;/h8-11,16H,5-7,12-14H2,1-4H3,(H3,21,22,23);1H. The van der Waals surface area contributed by atoms with Crippen LogP contribution in [0.2, 0.25) is 0 Å². The number of hydrogen-bond donors (Lipinski definition) is 2. The van der Waals surface area contributed by atoms with E-state index in [9.17, 15) is 4.79 Å². The Morgan fingerprint density at radius 3 is 2.59 bits per heavy atom. The molecule has 1 fully saturated rings. The van der Waals surface area contributed by atoms with Crippen LogP contribution in [0, 0.1) is 5.92 Å². The van der Waals surface area contributed by atoms with Gasteiger partial charge in [0.1, 0.15) is 5.60 Å². The summed E-state index contributed by atoms with van der Waals surface area (Å²) in [5, 5.41) is 3.12. The van der Waals surface area contributed by atoms with Gasteiger partial charge in [0, 0.05) is 25.3 Å². The monoisotopic (exact) mass is 488 g/mol. The number of benzene rings is 1. The van der Waals surface area contributed by atoms with Gasteiger partial charge in [0.25, 0.3) is 0 Å². The Labute approximate surface area is 179 Å². The van der Waals surface area contributed by atoms with Crippen LogP contribution in [0.25, 0.3) is 0 Å². The second-order valence-electron chi connectivity index (χ2n) is 7.84. The molecule has 1 amide bonds. The van der Waals surface area contributed by atoms with Crippen molar-refractivity contribution < 1.29 is 9.53 Å². The Morgan fingerprint density at radius 2 is 2.00 bits per heavy atom. The molecule has 0 aromatic heterocycles. The Hall–Kier alpha value is -1.51. The summed E-state index contributed by atoms with van der Waals surface area (Å²) in [7, 11) is 0. The normalized spacial score (nSPS) is 17.9. The average Bonchev–Trinajstić information content (AvgIpc) is 2.59. The van der Waals surface area contributed by atoms with Gasteiger partial charge in [0.2, 0.25) is 0 Å². The number of anilines is 1. The summed E-state index contributed by atoms with van der Waals surface area (Å²) in [5.41, 5.74) is 7.76. The molecule has 1 atom stereocenters. The van der Waals surface area contributed by atoms with Crippen LogP contribution in [0.1, 0.15) is 46.1 Å². The molecule has 1 aliphatic rings. The van der Waals surface area contributed by atoms with E-state index in [2.05, 4.69) is 29.4 Å². The molecule has 0 saturated carbocycles. The number of nitrogens with two attached hydrogens (primary N) is 1. The number of likely N-dealkylation sites (tertiary alicyclic amines) is 1. The van der Waals surface area contributed by atoms with E-state index in [4.69, 9.17) is 10.5 Å². The number of carbonyl (C=O) groups is 1. The molecule has 0 aliphatic carbocycles. The first kappa shape index (κ1) is 23.5. The molecule has 1 heterocycles. The van der Waals surface area contributed by atoms with Crippen molar-refractivity contribution in [3.8, 4) is 0 Å². The fourth-order valence-corrected chi connectivity index (χ4v) is 2.95. The fourth-order valence-electron chi connectivity index (χ4n) is 2.95. The molecule has 27 heavy (non-hydrogen) atoms. The Morgan fingerprint density at radius 1 is 1.33 bits per heavy atom. The van der Waals surface area contributed by atoms with Crippen molar-refractivity contribution in [2.24, 2.45) is 16.6 Å². The third-order valence-corrected chi connectivity index (χ3v) is 4.33. The highest BCUT2D eigenvalue weighted by molar-refractivity contribution is 14.0. The molecule has 152 valence electrons. The van der Waals surface area contributed by atoms with Gasteiger partial charge < -0.3 is 20.7 Å². The van der Waals surface area contributed by atoms with Crippen LogP contribution >= 0.6 is 24.0 Å². The first-order valence-electron chi connectivity index (χ1n) is 9.40. The van der Waals surface area contributed by atoms with E-state index >= 15 is 0 Å². The number of piperidine rings is 1. The van der Waals surface area contributed by atoms with Crippen LogP contribution in [0.4, 0.5) is 10.5 Å². The number of aryl methyl sites for hydroxylation is 1. The van der Waals surface area contributed by atoms with Gasteiger partial charge in [-0.15, -0.1) is 24.0 Å². The molecule has 6 nitrogen and oxygen atoms in total. The molecule has 1 aromatic carbocycles. The van der Waals surface area contributed by atoms with E-state index in [1.54, 1.807) is 4.90 Å². The van der Waals surface area contributed by atoms with Crippen molar-refractivity contribution in [3.05, 3.63) is 29.8 Å². The van der Waals surface area contributed by atoms with Crippen LogP contribution in [0.15, 0.2) is 29.3 Å². The summed E-state index contributed by atoms with van der Waals surface area (Å²) in [4.78, 5) is 18.5. The quantitative estimate of drug-likeness (QED) is 0.378. The number of amides is 1. The molecule has 0 radical (unpaired) electrons. The summed E-state index contributed by atoms with van der Waals surface area (Å²) in [6, 6.07) is 8.17. The minimum absolute atomic E-state index is 0. The molecular weight excluding hydrogens is 455 g/mol. The molecule has 0 spiro atoms. The van der Waals surface area contributed by atoms with E-state index in [-0.39, 0.29) is 30.1 Å². The molecule has 3 N–H and O–H groups in total. The first-order chi connectivity index (χ1) is 12.3. The Balaban J connectivity index is 0.00000364. The largest absolute Gasteiger partial charge is 0.444 e. The van der Waals surface area contributed by atoms with Crippen molar-refractivity contribution in [2.75, 3.05) is 25.0 Å². The van der Waals surface area contributed by atoms with Gasteiger partial charge in [-0.2, -0.15) is 0 Å². The maximum Gasteiger partial charge on any atom is 0.410 e. The van der Waals surface area contributed by atoms with E-state index in [1.165, 1.54) is 5.56 Å². The molecule has 2 rings (SSSR count). The number of halogens is 1. The highest BCUT2D eigenvalue weighted by atomic mass is 127. The topological polar surface area (TPSA) is 80.0 Å². The van der Waals surface area contributed by atoms with Gasteiger partial charge >= 0.3 is 6.09 Å². The number of carbonyl (C=O) groups excluding carboxylic acids is 1. The maximum absolute atomic E-state index is 12.2. The van der Waals surface area contributed by atoms with Gasteiger partial charge in [-0.3, -0.25) is 4.99 Å². The zero-order valence-electron chi connectivity index (χ0n) is 16.8. The van der Waals surface area contributed by atoms with Crippen molar-refractivity contribution in [1.82, 2.24) is 4.90 Å². The number of ether oxygens (including phenoxy) is 1. The van der Waals surface area contributed by atoms with Crippen LogP contribution < -0.4 is 11.1 Å². The van der Waals surface area contributed by atoms with Crippen LogP contribution in [-0.4, -0.2) is 42.2 Å². The molecule has 1 saturated heterocycles. The zero-order valence-corrected chi connectivity index (χ0v) is 19.2. The van der Waals surface area contributed by atoms with Gasteiger partial charge in [0.05, 0.1) is 0 Å². The van der Waals surface area contributed by atoms with Gasteiger partial charge in [-0.1, -0.05) is 19.1 Å². The fraction of sp³-hybridized carbons (Fsp3) is 0.600. The molecule has 7 heteroatoms. The molecule has 1 aliphatic heterocycles. The third-order valence-electron chi connectivity index (χ3n) is 4.33. The Bertz CT molecular complexity index is 626. The molecular formula is C20H33IN4O2. The molecule has 0 bridgehead atoms. The number of hydrogen-bond acceptors (Lipinski definition) is 3. The van der Waals surface area contributed by atoms with Crippen LogP contribution in [-0.2, 0) is 11.2 Å². The van der Waals surface area contributed by atoms with E-state index < -0.39 is 5.60 Å². The minimum Gasteiger partial charge on any atom is -0.444 e. The SMILES string of the molecule is CCc1ccc(NC(N)=NCC2CCCN(C(=O)OC(C)(C)C)C2)cc1.I. The van der Waals surface area contributed by atoms with Crippen molar-refractivity contribution in [2.45, 2.75) is 52.6 Å². The number of guanidine groups is 1. The third kappa shape index (κ3) is 8.36. The second kappa shape index (κ2) is 10.7. The van der Waals surface area contributed by atoms with Crippen LogP contribution in [0.5, 0.6) is 0 Å². The van der Waals surface area contributed by atoms with Gasteiger partial charge in [-0.05, 0) is 63.6 Å². The number of nitrogens with zero attached hydrogens (tertiary/aromatic N) is 2. The predicted molar refractivity (Wildman–Crippen MR) is 122 cm³/mol. The average molecular weight is 488 g/mol. The van der Waals surface area contributed by atoms with Crippen LogP contribution in [0.3, 0.4) is 0 Å². The summed E-state index contributed by atoms with van der Waals surface area (Å²) < 4.78 is 5.46. The van der Waals surface area contributed by atoms with Crippen molar-refractivity contribution >= 4 is 41.7 Å². The minimum atomic E-state index is -0.468. The lowest BCUT2D eigenvalue weighted by Gasteiger charge is -2.33. The lowest BCUT2D eigenvalue weighted by atomic mass is 9.98. The predicted octanol–water partition coefficient (Wildman–Crippen LogP) is 4.24. The highest BCUT2D eigenvalue weighted by Crippen LogP contribution is 2.19. The summed E-state index contributed by atoms with van der Waals surface area (Å²) >= 11 is 0. The van der Waals surface area contributed by atoms with Crippen molar-refractivity contribution in [1.29, 1.82) is 0 Å². The highest BCUT2D eigenvalue weighted by Gasteiger charge is 2.27. The maximum atomic E-state index is 12.2. The first-order valence-corrected chi connectivity index (χ1v) is 9.40. The smallest absolute Gasteiger partial charge is 0.410 e. The lowest BCUT2D eigenvalue weighted by molar-refractivity contribution is 0.0171. The number of aliphatic imine (C=N–C) groups is 1. The molecule has 1 unspecified atom stereocenters. The Kier molecular flexibility index (Phi) is 9.35. The summed E-state index contributed by atoms with van der Waals surface area (Å²) in [6.07, 6.45) is 2.78. The second-order valence-corrected chi connectivity index (χ2v) is 7.84.